The third-order valence-corrected chi connectivity index (χ3v) is 6.66. The predicted molar refractivity (Wildman–Crippen MR) is 129 cm³/mol. The second kappa shape index (κ2) is 11.8. The van der Waals surface area contributed by atoms with Crippen LogP contribution in [0.3, 0.4) is 0 Å². The molecule has 5 nitrogen and oxygen atoms in total. The Morgan fingerprint density at radius 3 is 2.58 bits per heavy atom. The largest absolute Gasteiger partial charge is 0.488 e. The lowest BCUT2D eigenvalue weighted by Gasteiger charge is -2.36. The molecule has 0 spiro atoms. The van der Waals surface area contributed by atoms with Crippen molar-refractivity contribution < 1.29 is 23.8 Å². The van der Waals surface area contributed by atoms with Gasteiger partial charge in [-0.1, -0.05) is 68.6 Å². The molecule has 0 unspecified atom stereocenters. The Morgan fingerprint density at radius 2 is 1.85 bits per heavy atom. The number of esters is 2. The molecule has 0 aromatic heterocycles. The van der Waals surface area contributed by atoms with Crippen LogP contribution in [0.5, 0.6) is 5.75 Å². The number of benzene rings is 2. The molecule has 178 valence electrons. The van der Waals surface area contributed by atoms with Gasteiger partial charge in [-0.3, -0.25) is 0 Å². The topological polar surface area (TPSA) is 61.8 Å². The zero-order valence-electron chi connectivity index (χ0n) is 19.2. The van der Waals surface area contributed by atoms with Crippen LogP contribution in [0.2, 0.25) is 10.0 Å². The van der Waals surface area contributed by atoms with Gasteiger partial charge in [0.1, 0.15) is 24.0 Å². The first-order chi connectivity index (χ1) is 15.7. The van der Waals surface area contributed by atoms with Crippen LogP contribution in [-0.2, 0) is 20.9 Å². The maximum atomic E-state index is 12.7. The number of hydrogen-bond donors (Lipinski definition) is 0. The Hall–Kier alpha value is -2.24. The first kappa shape index (κ1) is 25.4. The minimum Gasteiger partial charge on any atom is -0.488 e. The van der Waals surface area contributed by atoms with Crippen molar-refractivity contribution in [3.05, 3.63) is 63.6 Å². The number of halogens is 2. The van der Waals surface area contributed by atoms with E-state index in [0.717, 1.165) is 24.8 Å². The van der Waals surface area contributed by atoms with Crippen LogP contribution in [0.1, 0.15) is 56.0 Å². The highest BCUT2D eigenvalue weighted by molar-refractivity contribution is 6.35. The molecule has 0 radical (unpaired) electrons. The normalized spacial score (nSPS) is 20.4. The maximum Gasteiger partial charge on any atom is 0.344 e. The molecule has 3 rings (SSSR count). The van der Waals surface area contributed by atoms with Gasteiger partial charge in [0.05, 0.1) is 0 Å². The fraction of sp³-hybridized carbons (Fsp3) is 0.462. The zero-order valence-corrected chi connectivity index (χ0v) is 20.7. The van der Waals surface area contributed by atoms with Crippen molar-refractivity contribution in [2.75, 3.05) is 6.61 Å². The molecule has 0 aliphatic heterocycles. The summed E-state index contributed by atoms with van der Waals surface area (Å²) in [5.41, 5.74) is 0.955. The quantitative estimate of drug-likeness (QED) is 0.382. The molecule has 33 heavy (non-hydrogen) atoms. The van der Waals surface area contributed by atoms with Gasteiger partial charge in [-0.25, -0.2) is 9.59 Å². The molecule has 1 fully saturated rings. The lowest BCUT2D eigenvalue weighted by molar-refractivity contribution is -0.159. The lowest BCUT2D eigenvalue weighted by Crippen LogP contribution is -2.36. The van der Waals surface area contributed by atoms with Crippen LogP contribution < -0.4 is 4.74 Å². The third kappa shape index (κ3) is 7.12. The summed E-state index contributed by atoms with van der Waals surface area (Å²) in [5.74, 6) is 0.425. The average Bonchev–Trinajstić information content (AvgIpc) is 2.77. The number of hydrogen-bond acceptors (Lipinski definition) is 5. The van der Waals surface area contributed by atoms with Gasteiger partial charge in [0.15, 0.2) is 6.61 Å². The van der Waals surface area contributed by atoms with E-state index in [1.165, 1.54) is 0 Å². The summed E-state index contributed by atoms with van der Waals surface area (Å²) in [5, 5.41) is 1.00. The van der Waals surface area contributed by atoms with Gasteiger partial charge in [0, 0.05) is 15.6 Å². The highest BCUT2D eigenvalue weighted by atomic mass is 35.5. The van der Waals surface area contributed by atoms with Crippen molar-refractivity contribution in [2.24, 2.45) is 17.8 Å². The Balaban J connectivity index is 1.57. The van der Waals surface area contributed by atoms with Gasteiger partial charge in [0.25, 0.3) is 0 Å². The van der Waals surface area contributed by atoms with Crippen LogP contribution in [0.4, 0.5) is 0 Å². The summed E-state index contributed by atoms with van der Waals surface area (Å²) >= 11 is 12.1. The van der Waals surface area contributed by atoms with E-state index in [4.69, 9.17) is 37.4 Å². The van der Waals surface area contributed by atoms with Gasteiger partial charge in [-0.05, 0) is 54.9 Å². The summed E-state index contributed by atoms with van der Waals surface area (Å²) in [6.07, 6.45) is 2.88. The lowest BCUT2D eigenvalue weighted by atomic mass is 9.75. The molecule has 2 aromatic rings. The summed E-state index contributed by atoms with van der Waals surface area (Å²) in [6.45, 7) is 6.18. The molecule has 1 saturated carbocycles. The van der Waals surface area contributed by atoms with Gasteiger partial charge in [-0.15, -0.1) is 0 Å². The molecule has 1 aliphatic rings. The fourth-order valence-electron chi connectivity index (χ4n) is 4.21. The van der Waals surface area contributed by atoms with E-state index >= 15 is 0 Å². The smallest absolute Gasteiger partial charge is 0.344 e. The van der Waals surface area contributed by atoms with Gasteiger partial charge in [-0.2, -0.15) is 0 Å². The van der Waals surface area contributed by atoms with Crippen LogP contribution in [0.15, 0.2) is 42.5 Å². The molecular formula is C26H30Cl2O5. The number of ether oxygens (including phenoxy) is 3. The Labute approximate surface area is 205 Å². The van der Waals surface area contributed by atoms with Gasteiger partial charge < -0.3 is 14.2 Å². The minimum atomic E-state index is -0.651. The van der Waals surface area contributed by atoms with E-state index in [2.05, 4.69) is 20.8 Å². The Kier molecular flexibility index (Phi) is 9.04. The SMILES string of the molecule is CC(C)[C@H]1CC[C@@H](C)C[C@@H]1OC(=O)COC(=O)c1ccccc1OCc1ccc(Cl)cc1Cl. The number of carbonyl (C=O) groups excluding carboxylic acids is 2. The van der Waals surface area contributed by atoms with Crippen LogP contribution >= 0.6 is 23.2 Å². The number of para-hydroxylation sites is 1. The van der Waals surface area contributed by atoms with Crippen molar-refractivity contribution in [2.45, 2.75) is 52.7 Å². The van der Waals surface area contributed by atoms with Crippen molar-refractivity contribution in [1.82, 2.24) is 0 Å². The van der Waals surface area contributed by atoms with E-state index in [-0.39, 0.29) is 18.3 Å². The van der Waals surface area contributed by atoms with E-state index < -0.39 is 18.5 Å². The van der Waals surface area contributed by atoms with Gasteiger partial charge in [0.2, 0.25) is 0 Å². The molecule has 2 aromatic carbocycles. The third-order valence-electron chi connectivity index (χ3n) is 6.07. The van der Waals surface area contributed by atoms with E-state index in [0.29, 0.717) is 33.5 Å². The van der Waals surface area contributed by atoms with E-state index in [1.807, 2.05) is 0 Å². The standard InChI is InChI=1S/C26H30Cl2O5/c1-16(2)20-11-8-17(3)12-24(20)33-25(29)15-32-26(30)21-6-4-5-7-23(21)31-14-18-9-10-19(27)13-22(18)28/h4-7,9-10,13,16-17,20,24H,8,11-12,14-15H2,1-3H3/t17-,20-,24+/m1/s1. The van der Waals surface area contributed by atoms with Crippen molar-refractivity contribution >= 4 is 35.1 Å². The summed E-state index contributed by atoms with van der Waals surface area (Å²) in [6, 6.07) is 11.8. The minimum absolute atomic E-state index is 0.139. The number of rotatable bonds is 8. The second-order valence-corrected chi connectivity index (χ2v) is 9.79. The molecule has 3 atom stereocenters. The molecule has 0 saturated heterocycles. The van der Waals surface area contributed by atoms with Crippen LogP contribution in [-0.4, -0.2) is 24.6 Å². The van der Waals surface area contributed by atoms with Crippen molar-refractivity contribution in [3.8, 4) is 5.75 Å². The summed E-state index contributed by atoms with van der Waals surface area (Å²) < 4.78 is 16.8. The fourth-order valence-corrected chi connectivity index (χ4v) is 4.67. The van der Waals surface area contributed by atoms with E-state index in [1.54, 1.807) is 42.5 Å². The zero-order chi connectivity index (χ0) is 24.0. The molecule has 0 N–H and O–H groups in total. The first-order valence-corrected chi connectivity index (χ1v) is 12.0. The highest BCUT2D eigenvalue weighted by Gasteiger charge is 2.33. The maximum absolute atomic E-state index is 12.7. The predicted octanol–water partition coefficient (Wildman–Crippen LogP) is 6.73. The van der Waals surface area contributed by atoms with Crippen molar-refractivity contribution in [3.63, 3.8) is 0 Å². The molecule has 0 amide bonds. The molecule has 0 heterocycles. The Morgan fingerprint density at radius 1 is 1.09 bits per heavy atom. The molecule has 0 bridgehead atoms. The second-order valence-electron chi connectivity index (χ2n) is 8.95. The van der Waals surface area contributed by atoms with E-state index in [9.17, 15) is 9.59 Å². The molecule has 7 heteroatoms. The highest BCUT2D eigenvalue weighted by Crippen LogP contribution is 2.35. The Bertz CT molecular complexity index is 975. The molecular weight excluding hydrogens is 463 g/mol. The first-order valence-electron chi connectivity index (χ1n) is 11.3. The average molecular weight is 493 g/mol. The van der Waals surface area contributed by atoms with Crippen LogP contribution in [0.25, 0.3) is 0 Å². The molecule has 1 aliphatic carbocycles. The van der Waals surface area contributed by atoms with Crippen LogP contribution in [0, 0.1) is 17.8 Å². The summed E-state index contributed by atoms with van der Waals surface area (Å²) in [7, 11) is 0. The summed E-state index contributed by atoms with van der Waals surface area (Å²) in [4.78, 5) is 25.1. The van der Waals surface area contributed by atoms with Crippen molar-refractivity contribution in [1.29, 1.82) is 0 Å². The monoisotopic (exact) mass is 492 g/mol. The van der Waals surface area contributed by atoms with Gasteiger partial charge >= 0.3 is 11.9 Å². The number of carbonyl (C=O) groups is 2.